The van der Waals surface area contributed by atoms with Gasteiger partial charge in [0.15, 0.2) is 0 Å². The van der Waals surface area contributed by atoms with E-state index in [2.05, 4.69) is 33.2 Å². The Morgan fingerprint density at radius 2 is 2.06 bits per heavy atom. The van der Waals surface area contributed by atoms with E-state index in [0.717, 1.165) is 35.2 Å². The minimum absolute atomic E-state index is 0.187. The zero-order valence-corrected chi connectivity index (χ0v) is 12.1. The first-order valence-electron chi connectivity index (χ1n) is 6.43. The number of nitrogens with one attached hydrogen (secondary N) is 1. The van der Waals surface area contributed by atoms with E-state index in [9.17, 15) is 4.79 Å². The summed E-state index contributed by atoms with van der Waals surface area (Å²) in [5, 5.41) is 3.12. The molecule has 0 aromatic heterocycles. The summed E-state index contributed by atoms with van der Waals surface area (Å²) in [5.41, 5.74) is 1.82. The first-order chi connectivity index (χ1) is 8.62. The molecule has 1 aromatic carbocycles. The Morgan fingerprint density at radius 3 is 2.78 bits per heavy atom. The minimum atomic E-state index is -0.187. The van der Waals surface area contributed by atoms with Crippen LogP contribution < -0.4 is 10.2 Å². The number of halogens is 1. The van der Waals surface area contributed by atoms with E-state index in [0.29, 0.717) is 0 Å². The summed E-state index contributed by atoms with van der Waals surface area (Å²) < 4.78 is 1.04. The molecule has 1 aliphatic carbocycles. The van der Waals surface area contributed by atoms with E-state index in [1.807, 2.05) is 18.2 Å². The second kappa shape index (κ2) is 4.26. The average molecular weight is 309 g/mol. The molecular formula is C14H17BrN2O. The van der Waals surface area contributed by atoms with E-state index in [4.69, 9.17) is 0 Å². The fraction of sp³-hybridized carbons (Fsp3) is 0.500. The Kier molecular flexibility index (Phi) is 2.85. The van der Waals surface area contributed by atoms with Crippen molar-refractivity contribution < 1.29 is 4.79 Å². The van der Waals surface area contributed by atoms with Crippen LogP contribution in [0.15, 0.2) is 22.7 Å². The molecule has 0 atom stereocenters. The first kappa shape index (κ1) is 12.0. The molecule has 0 unspecified atom stereocenters. The van der Waals surface area contributed by atoms with Gasteiger partial charge in [-0.25, -0.2) is 0 Å². The smallest absolute Gasteiger partial charge is 0.232 e. The van der Waals surface area contributed by atoms with Crippen molar-refractivity contribution in [1.29, 1.82) is 0 Å². The molecule has 1 fully saturated rings. The second-order valence-electron chi connectivity index (χ2n) is 5.43. The van der Waals surface area contributed by atoms with E-state index >= 15 is 0 Å². The summed E-state index contributed by atoms with van der Waals surface area (Å²) in [6, 6.07) is 5.96. The summed E-state index contributed by atoms with van der Waals surface area (Å²) in [6.07, 6.45) is 4.35. The number of fused-ring (bicyclic) bond motifs is 1. The number of anilines is 2. The van der Waals surface area contributed by atoms with Crippen molar-refractivity contribution in [2.24, 2.45) is 5.41 Å². The Labute approximate surface area is 116 Å². The van der Waals surface area contributed by atoms with Crippen molar-refractivity contribution in [3.05, 3.63) is 22.7 Å². The zero-order valence-electron chi connectivity index (χ0n) is 10.5. The maximum Gasteiger partial charge on any atom is 0.232 e. The standard InChI is InChI=1S/C14H17BrN2O/c1-17-9-14(7-2-3-8-14)13(18)16-11-6-4-5-10(15)12(11)17/h4-6H,2-3,7-9H2,1H3,(H,16,18). The van der Waals surface area contributed by atoms with Crippen molar-refractivity contribution in [3.63, 3.8) is 0 Å². The maximum atomic E-state index is 12.5. The third-order valence-corrected chi connectivity index (χ3v) is 4.84. The van der Waals surface area contributed by atoms with Gasteiger partial charge in [0, 0.05) is 18.1 Å². The van der Waals surface area contributed by atoms with Crippen molar-refractivity contribution in [2.45, 2.75) is 25.7 Å². The highest BCUT2D eigenvalue weighted by molar-refractivity contribution is 9.10. The lowest BCUT2D eigenvalue weighted by Crippen LogP contribution is -2.40. The predicted molar refractivity (Wildman–Crippen MR) is 76.9 cm³/mol. The molecule has 1 spiro atoms. The summed E-state index contributed by atoms with van der Waals surface area (Å²) in [4.78, 5) is 14.7. The summed E-state index contributed by atoms with van der Waals surface area (Å²) in [7, 11) is 2.07. The van der Waals surface area contributed by atoms with Gasteiger partial charge < -0.3 is 10.2 Å². The molecule has 1 aromatic rings. The van der Waals surface area contributed by atoms with Gasteiger partial charge in [-0.15, -0.1) is 0 Å². The molecule has 18 heavy (non-hydrogen) atoms. The third kappa shape index (κ3) is 1.74. The van der Waals surface area contributed by atoms with Crippen LogP contribution in [0.4, 0.5) is 11.4 Å². The second-order valence-corrected chi connectivity index (χ2v) is 6.29. The Bertz CT molecular complexity index is 495. The summed E-state index contributed by atoms with van der Waals surface area (Å²) in [5.74, 6) is 0.198. The van der Waals surface area contributed by atoms with Crippen LogP contribution in [0, 0.1) is 5.41 Å². The van der Waals surface area contributed by atoms with Gasteiger partial charge in [0.25, 0.3) is 0 Å². The van der Waals surface area contributed by atoms with Gasteiger partial charge in [0.2, 0.25) is 5.91 Å². The molecule has 0 radical (unpaired) electrons. The Morgan fingerprint density at radius 1 is 1.33 bits per heavy atom. The predicted octanol–water partition coefficient (Wildman–Crippen LogP) is 3.40. The lowest BCUT2D eigenvalue weighted by Gasteiger charge is -2.29. The lowest BCUT2D eigenvalue weighted by atomic mass is 9.85. The molecule has 96 valence electrons. The van der Waals surface area contributed by atoms with Crippen molar-refractivity contribution in [1.82, 2.24) is 0 Å². The number of hydrogen-bond acceptors (Lipinski definition) is 2. The number of benzene rings is 1. The van der Waals surface area contributed by atoms with Crippen LogP contribution >= 0.6 is 15.9 Å². The number of hydrogen-bond donors (Lipinski definition) is 1. The van der Waals surface area contributed by atoms with E-state index in [-0.39, 0.29) is 11.3 Å². The fourth-order valence-corrected chi connectivity index (χ4v) is 3.97. The van der Waals surface area contributed by atoms with E-state index < -0.39 is 0 Å². The van der Waals surface area contributed by atoms with Crippen LogP contribution in [0.3, 0.4) is 0 Å². The van der Waals surface area contributed by atoms with Crippen molar-refractivity contribution >= 4 is 33.2 Å². The largest absolute Gasteiger partial charge is 0.371 e. The summed E-state index contributed by atoms with van der Waals surface area (Å²) in [6.45, 7) is 0.814. The van der Waals surface area contributed by atoms with Crippen molar-refractivity contribution in [2.75, 3.05) is 23.8 Å². The number of amides is 1. The number of nitrogens with zero attached hydrogens (tertiary/aromatic N) is 1. The quantitative estimate of drug-likeness (QED) is 0.796. The maximum absolute atomic E-state index is 12.5. The minimum Gasteiger partial charge on any atom is -0.371 e. The number of rotatable bonds is 0. The van der Waals surface area contributed by atoms with Crippen molar-refractivity contribution in [3.8, 4) is 0 Å². The average Bonchev–Trinajstić information content (AvgIpc) is 2.74. The Hall–Kier alpha value is -1.03. The topological polar surface area (TPSA) is 32.3 Å². The molecule has 1 amide bonds. The highest BCUT2D eigenvalue weighted by atomic mass is 79.9. The molecule has 3 nitrogen and oxygen atoms in total. The van der Waals surface area contributed by atoms with Crippen LogP contribution in [-0.4, -0.2) is 19.5 Å². The first-order valence-corrected chi connectivity index (χ1v) is 7.23. The third-order valence-electron chi connectivity index (χ3n) is 4.20. The molecule has 0 bridgehead atoms. The van der Waals surface area contributed by atoms with Gasteiger partial charge in [-0.3, -0.25) is 4.79 Å². The van der Waals surface area contributed by atoms with Crippen LogP contribution in [-0.2, 0) is 4.79 Å². The Balaban J connectivity index is 2.06. The molecule has 1 heterocycles. The molecule has 4 heteroatoms. The molecule has 1 N–H and O–H groups in total. The van der Waals surface area contributed by atoms with Crippen LogP contribution in [0.25, 0.3) is 0 Å². The van der Waals surface area contributed by atoms with Gasteiger partial charge >= 0.3 is 0 Å². The molecule has 1 aliphatic heterocycles. The van der Waals surface area contributed by atoms with Crippen LogP contribution in [0.2, 0.25) is 0 Å². The fourth-order valence-electron chi connectivity index (χ4n) is 3.30. The van der Waals surface area contributed by atoms with Crippen LogP contribution in [0.5, 0.6) is 0 Å². The van der Waals surface area contributed by atoms with Gasteiger partial charge in [0.1, 0.15) is 0 Å². The highest BCUT2D eigenvalue weighted by Gasteiger charge is 2.44. The van der Waals surface area contributed by atoms with Crippen LogP contribution in [0.1, 0.15) is 25.7 Å². The normalized spacial score (nSPS) is 21.7. The number of carbonyl (C=O) groups excluding carboxylic acids is 1. The van der Waals surface area contributed by atoms with Gasteiger partial charge in [-0.2, -0.15) is 0 Å². The van der Waals surface area contributed by atoms with Gasteiger partial charge in [0.05, 0.1) is 16.8 Å². The summed E-state index contributed by atoms with van der Waals surface area (Å²) >= 11 is 3.58. The number of para-hydroxylation sites is 1. The van der Waals surface area contributed by atoms with Gasteiger partial charge in [-0.1, -0.05) is 18.9 Å². The molecular weight excluding hydrogens is 292 g/mol. The SMILES string of the molecule is CN1CC2(CCCC2)C(=O)Nc2cccc(Br)c21. The lowest BCUT2D eigenvalue weighted by molar-refractivity contribution is -0.124. The van der Waals surface area contributed by atoms with E-state index in [1.54, 1.807) is 0 Å². The molecule has 2 aliphatic rings. The van der Waals surface area contributed by atoms with Gasteiger partial charge in [-0.05, 0) is 40.9 Å². The number of carbonyl (C=O) groups is 1. The molecule has 3 rings (SSSR count). The van der Waals surface area contributed by atoms with E-state index in [1.165, 1.54) is 12.8 Å². The molecule has 1 saturated carbocycles. The monoisotopic (exact) mass is 308 g/mol. The molecule has 0 saturated heterocycles. The zero-order chi connectivity index (χ0) is 12.8. The highest BCUT2D eigenvalue weighted by Crippen LogP contribution is 2.45.